The Balaban J connectivity index is 3.36. The summed E-state index contributed by atoms with van der Waals surface area (Å²) in [6.07, 6.45) is 3.74. The molecule has 0 amide bonds. The highest BCUT2D eigenvalue weighted by Crippen LogP contribution is 2.04. The standard InChI is InChI=1S/C12H26N2OS/c1-10(2)7-5-6-8-13-12(16)14-11(3)9-15-4/h10-11H,5-9H2,1-4H3,(H2,13,14,16). The zero-order valence-electron chi connectivity index (χ0n) is 11.0. The maximum absolute atomic E-state index is 5.17. The molecule has 0 heterocycles. The van der Waals surface area contributed by atoms with E-state index in [0.29, 0.717) is 6.61 Å². The highest BCUT2D eigenvalue weighted by atomic mass is 32.1. The molecular weight excluding hydrogens is 220 g/mol. The molecule has 3 nitrogen and oxygen atoms in total. The zero-order valence-corrected chi connectivity index (χ0v) is 11.8. The number of hydrogen-bond donors (Lipinski definition) is 2. The highest BCUT2D eigenvalue weighted by molar-refractivity contribution is 7.80. The van der Waals surface area contributed by atoms with Crippen LogP contribution < -0.4 is 10.6 Å². The molecule has 0 saturated carbocycles. The molecule has 96 valence electrons. The van der Waals surface area contributed by atoms with Gasteiger partial charge in [-0.05, 0) is 31.5 Å². The van der Waals surface area contributed by atoms with Crippen molar-refractivity contribution >= 4 is 17.3 Å². The monoisotopic (exact) mass is 246 g/mol. The van der Waals surface area contributed by atoms with Crippen molar-refractivity contribution in [3.63, 3.8) is 0 Å². The predicted octanol–water partition coefficient (Wildman–Crippen LogP) is 2.31. The Labute approximate surface area is 105 Å². The van der Waals surface area contributed by atoms with Gasteiger partial charge in [0.25, 0.3) is 0 Å². The van der Waals surface area contributed by atoms with Crippen LogP contribution in [-0.4, -0.2) is 31.4 Å². The molecule has 4 heteroatoms. The number of methoxy groups -OCH3 is 1. The normalized spacial score (nSPS) is 12.6. The van der Waals surface area contributed by atoms with Crippen LogP contribution in [0.4, 0.5) is 0 Å². The summed E-state index contributed by atoms with van der Waals surface area (Å²) in [4.78, 5) is 0. The fourth-order valence-electron chi connectivity index (χ4n) is 1.45. The van der Waals surface area contributed by atoms with Gasteiger partial charge in [0.05, 0.1) is 6.61 Å². The van der Waals surface area contributed by atoms with Gasteiger partial charge in [0.15, 0.2) is 5.11 Å². The summed E-state index contributed by atoms with van der Waals surface area (Å²) in [5.74, 6) is 0.798. The molecule has 0 aromatic rings. The minimum atomic E-state index is 0.265. The van der Waals surface area contributed by atoms with E-state index in [1.807, 2.05) is 0 Å². The Morgan fingerprint density at radius 1 is 1.25 bits per heavy atom. The summed E-state index contributed by atoms with van der Waals surface area (Å²) >= 11 is 5.17. The molecule has 0 saturated heterocycles. The van der Waals surface area contributed by atoms with Crippen molar-refractivity contribution in [2.24, 2.45) is 5.92 Å². The lowest BCUT2D eigenvalue weighted by molar-refractivity contribution is 0.179. The van der Waals surface area contributed by atoms with E-state index >= 15 is 0 Å². The maximum Gasteiger partial charge on any atom is 0.166 e. The third kappa shape index (κ3) is 10.2. The van der Waals surface area contributed by atoms with E-state index in [9.17, 15) is 0 Å². The first-order chi connectivity index (χ1) is 7.56. The van der Waals surface area contributed by atoms with Gasteiger partial charge < -0.3 is 15.4 Å². The van der Waals surface area contributed by atoms with Gasteiger partial charge in [-0.25, -0.2) is 0 Å². The molecule has 0 aliphatic heterocycles. The minimum Gasteiger partial charge on any atom is -0.383 e. The van der Waals surface area contributed by atoms with Crippen LogP contribution in [0, 0.1) is 5.92 Å². The second kappa shape index (κ2) is 9.85. The van der Waals surface area contributed by atoms with Gasteiger partial charge in [-0.3, -0.25) is 0 Å². The van der Waals surface area contributed by atoms with Crippen LogP contribution in [0.25, 0.3) is 0 Å². The number of rotatable bonds is 8. The summed E-state index contributed by atoms with van der Waals surface area (Å²) in [6, 6.07) is 0.265. The van der Waals surface area contributed by atoms with Gasteiger partial charge in [-0.15, -0.1) is 0 Å². The zero-order chi connectivity index (χ0) is 12.4. The van der Waals surface area contributed by atoms with Crippen LogP contribution in [0.3, 0.4) is 0 Å². The highest BCUT2D eigenvalue weighted by Gasteiger charge is 2.02. The van der Waals surface area contributed by atoms with Crippen LogP contribution in [0.2, 0.25) is 0 Å². The van der Waals surface area contributed by atoms with Gasteiger partial charge in [-0.1, -0.05) is 26.7 Å². The molecule has 0 aliphatic carbocycles. The van der Waals surface area contributed by atoms with Crippen LogP contribution >= 0.6 is 12.2 Å². The van der Waals surface area contributed by atoms with Gasteiger partial charge in [0.2, 0.25) is 0 Å². The van der Waals surface area contributed by atoms with E-state index in [2.05, 4.69) is 31.4 Å². The molecule has 0 rings (SSSR count). The molecule has 0 fully saturated rings. The number of nitrogens with one attached hydrogen (secondary N) is 2. The van der Waals surface area contributed by atoms with Crippen LogP contribution in [0.15, 0.2) is 0 Å². The van der Waals surface area contributed by atoms with Crippen LogP contribution in [-0.2, 0) is 4.74 Å². The van der Waals surface area contributed by atoms with Crippen molar-refractivity contribution in [2.45, 2.75) is 46.1 Å². The van der Waals surface area contributed by atoms with Gasteiger partial charge >= 0.3 is 0 Å². The lowest BCUT2D eigenvalue weighted by Crippen LogP contribution is -2.42. The van der Waals surface area contributed by atoms with Crippen molar-refractivity contribution in [3.8, 4) is 0 Å². The predicted molar refractivity (Wildman–Crippen MR) is 73.8 cm³/mol. The third-order valence-electron chi connectivity index (χ3n) is 2.29. The Morgan fingerprint density at radius 2 is 1.94 bits per heavy atom. The van der Waals surface area contributed by atoms with Gasteiger partial charge in [0.1, 0.15) is 0 Å². The fourth-order valence-corrected chi connectivity index (χ4v) is 1.75. The molecule has 0 bridgehead atoms. The molecule has 1 unspecified atom stereocenters. The molecule has 0 aromatic heterocycles. The molecule has 0 radical (unpaired) electrons. The summed E-state index contributed by atoms with van der Waals surface area (Å²) in [6.45, 7) is 8.20. The van der Waals surface area contributed by atoms with E-state index in [1.165, 1.54) is 19.3 Å². The molecule has 16 heavy (non-hydrogen) atoms. The quantitative estimate of drug-likeness (QED) is 0.509. The van der Waals surface area contributed by atoms with Crippen molar-refractivity contribution < 1.29 is 4.74 Å². The van der Waals surface area contributed by atoms with Crippen LogP contribution in [0.5, 0.6) is 0 Å². The first-order valence-electron chi connectivity index (χ1n) is 6.09. The molecule has 2 N–H and O–H groups in total. The Hall–Kier alpha value is -0.350. The number of thiocarbonyl (C=S) groups is 1. The average molecular weight is 246 g/mol. The topological polar surface area (TPSA) is 33.3 Å². The number of unbranched alkanes of at least 4 members (excludes halogenated alkanes) is 1. The fraction of sp³-hybridized carbons (Fsp3) is 0.917. The average Bonchev–Trinajstić information content (AvgIpc) is 2.16. The molecule has 1 atom stereocenters. The number of hydrogen-bond acceptors (Lipinski definition) is 2. The summed E-state index contributed by atoms with van der Waals surface area (Å²) in [5, 5.41) is 7.12. The first kappa shape index (κ1) is 15.7. The molecular formula is C12H26N2OS. The smallest absolute Gasteiger partial charge is 0.166 e. The second-order valence-electron chi connectivity index (χ2n) is 4.65. The van der Waals surface area contributed by atoms with E-state index < -0.39 is 0 Å². The van der Waals surface area contributed by atoms with Crippen molar-refractivity contribution in [2.75, 3.05) is 20.3 Å². The Bertz CT molecular complexity index is 186. The summed E-state index contributed by atoms with van der Waals surface area (Å²) in [5.41, 5.74) is 0. The van der Waals surface area contributed by atoms with Crippen molar-refractivity contribution in [1.82, 2.24) is 10.6 Å². The molecule has 0 spiro atoms. The van der Waals surface area contributed by atoms with Crippen molar-refractivity contribution in [3.05, 3.63) is 0 Å². The van der Waals surface area contributed by atoms with E-state index in [4.69, 9.17) is 17.0 Å². The van der Waals surface area contributed by atoms with Gasteiger partial charge in [-0.2, -0.15) is 0 Å². The largest absolute Gasteiger partial charge is 0.383 e. The minimum absolute atomic E-state index is 0.265. The van der Waals surface area contributed by atoms with Gasteiger partial charge in [0, 0.05) is 19.7 Å². The van der Waals surface area contributed by atoms with E-state index in [1.54, 1.807) is 7.11 Å². The van der Waals surface area contributed by atoms with E-state index in [0.717, 1.165) is 17.6 Å². The first-order valence-corrected chi connectivity index (χ1v) is 6.50. The Kier molecular flexibility index (Phi) is 9.63. The summed E-state index contributed by atoms with van der Waals surface area (Å²) in [7, 11) is 1.70. The third-order valence-corrected chi connectivity index (χ3v) is 2.55. The SMILES string of the molecule is COCC(C)NC(=S)NCCCCC(C)C. The lowest BCUT2D eigenvalue weighted by atomic mass is 10.1. The van der Waals surface area contributed by atoms with Crippen molar-refractivity contribution in [1.29, 1.82) is 0 Å². The molecule has 0 aliphatic rings. The lowest BCUT2D eigenvalue weighted by Gasteiger charge is -2.16. The Morgan fingerprint density at radius 3 is 2.50 bits per heavy atom. The van der Waals surface area contributed by atoms with E-state index in [-0.39, 0.29) is 6.04 Å². The maximum atomic E-state index is 5.17. The second-order valence-corrected chi connectivity index (χ2v) is 5.05. The molecule has 0 aromatic carbocycles. The summed E-state index contributed by atoms with van der Waals surface area (Å²) < 4.78 is 5.02. The van der Waals surface area contributed by atoms with Crippen LogP contribution in [0.1, 0.15) is 40.0 Å². The number of ether oxygens (including phenoxy) is 1.